The van der Waals surface area contributed by atoms with Crippen LogP contribution >= 0.6 is 31.9 Å². The van der Waals surface area contributed by atoms with Crippen molar-refractivity contribution in [3.05, 3.63) is 108 Å². The third kappa shape index (κ3) is 5.99. The highest BCUT2D eigenvalue weighted by Gasteiger charge is 2.22. The summed E-state index contributed by atoms with van der Waals surface area (Å²) in [5.74, 6) is -1.21. The molecule has 0 aliphatic carbocycles. The number of esters is 2. The minimum atomic E-state index is -0.603. The summed E-state index contributed by atoms with van der Waals surface area (Å²) in [5.41, 5.74) is 0.797. The van der Waals surface area contributed by atoms with Gasteiger partial charge in [0.1, 0.15) is 13.2 Å². The van der Waals surface area contributed by atoms with Crippen LogP contribution < -0.4 is 0 Å². The number of hydrogen-bond donors (Lipinski definition) is 0. The minimum Gasteiger partial charge on any atom is -0.457 e. The molecule has 7 nitrogen and oxygen atoms in total. The molecule has 0 amide bonds. The average Bonchev–Trinajstić information content (AvgIpc) is 2.76. The molecule has 0 atom stereocenters. The standard InChI is InChI=1S/C22H15Br2NO6/c23-18-8-4-14(5-9-18)21(26)30-12-16-2-1-3-17(20(16)25(28)29)13-31-22(27)15-6-10-19(24)11-7-15/h1-11H,12-13H2. The molecular formula is C22H15Br2NO6. The van der Waals surface area contributed by atoms with Crippen LogP contribution in [0.1, 0.15) is 31.8 Å². The molecule has 3 aromatic carbocycles. The summed E-state index contributed by atoms with van der Waals surface area (Å²) in [7, 11) is 0. The molecule has 0 heterocycles. The number of benzene rings is 3. The van der Waals surface area contributed by atoms with Crippen LogP contribution in [0.4, 0.5) is 5.69 Å². The summed E-state index contributed by atoms with van der Waals surface area (Å²) in [6, 6.07) is 17.7. The molecular weight excluding hydrogens is 534 g/mol. The fourth-order valence-corrected chi connectivity index (χ4v) is 3.27. The molecule has 0 fully saturated rings. The lowest BCUT2D eigenvalue weighted by Gasteiger charge is -2.10. The summed E-state index contributed by atoms with van der Waals surface area (Å²) < 4.78 is 12.1. The average molecular weight is 549 g/mol. The van der Waals surface area contributed by atoms with Gasteiger partial charge in [0, 0.05) is 8.95 Å². The molecule has 0 spiro atoms. The second-order valence-corrected chi connectivity index (χ2v) is 8.18. The van der Waals surface area contributed by atoms with E-state index in [9.17, 15) is 19.7 Å². The number of nitro groups is 1. The van der Waals surface area contributed by atoms with E-state index in [-0.39, 0.29) is 30.0 Å². The monoisotopic (exact) mass is 547 g/mol. The molecule has 0 saturated heterocycles. The Bertz CT molecular complexity index is 1030. The molecule has 0 radical (unpaired) electrons. The van der Waals surface area contributed by atoms with Crippen LogP contribution in [0, 0.1) is 10.1 Å². The molecule has 0 aliphatic heterocycles. The number of hydrogen-bond acceptors (Lipinski definition) is 6. The second-order valence-electron chi connectivity index (χ2n) is 6.35. The highest BCUT2D eigenvalue weighted by atomic mass is 79.9. The quantitative estimate of drug-likeness (QED) is 0.209. The van der Waals surface area contributed by atoms with Gasteiger partial charge in [0.2, 0.25) is 0 Å². The third-order valence-corrected chi connectivity index (χ3v) is 5.32. The van der Waals surface area contributed by atoms with Gasteiger partial charge in [0.15, 0.2) is 0 Å². The normalized spacial score (nSPS) is 10.4. The second kappa shape index (κ2) is 10.3. The lowest BCUT2D eigenvalue weighted by Crippen LogP contribution is -2.10. The number of nitrogens with zero attached hydrogens (tertiary/aromatic N) is 1. The molecule has 158 valence electrons. The Labute approximate surface area is 194 Å². The number of halogens is 2. The van der Waals surface area contributed by atoms with E-state index in [2.05, 4.69) is 31.9 Å². The van der Waals surface area contributed by atoms with Crippen molar-refractivity contribution in [3.63, 3.8) is 0 Å². The molecule has 9 heteroatoms. The SMILES string of the molecule is O=C(OCc1cccc(COC(=O)c2ccc(Br)cc2)c1[N+](=O)[O-])c1ccc(Br)cc1. The topological polar surface area (TPSA) is 95.7 Å². The fourth-order valence-electron chi connectivity index (χ4n) is 2.74. The van der Waals surface area contributed by atoms with Crippen LogP contribution in [0.15, 0.2) is 75.7 Å². The molecule has 0 unspecified atom stereocenters. The van der Waals surface area contributed by atoms with Crippen LogP contribution in [-0.2, 0) is 22.7 Å². The molecule has 3 rings (SSSR count). The number of para-hydroxylation sites is 1. The predicted molar refractivity (Wildman–Crippen MR) is 120 cm³/mol. The van der Waals surface area contributed by atoms with Crippen LogP contribution in [0.2, 0.25) is 0 Å². The summed E-state index contributed by atoms with van der Waals surface area (Å²) >= 11 is 6.56. The lowest BCUT2D eigenvalue weighted by atomic mass is 10.1. The Hall–Kier alpha value is -3.04. The van der Waals surface area contributed by atoms with Crippen LogP contribution in [0.3, 0.4) is 0 Å². The zero-order valence-electron chi connectivity index (χ0n) is 15.9. The van der Waals surface area contributed by atoms with E-state index < -0.39 is 16.9 Å². The molecule has 31 heavy (non-hydrogen) atoms. The largest absolute Gasteiger partial charge is 0.457 e. The van der Waals surface area contributed by atoms with Crippen molar-refractivity contribution in [2.24, 2.45) is 0 Å². The maximum atomic E-state index is 12.2. The van der Waals surface area contributed by atoms with E-state index in [1.54, 1.807) is 54.6 Å². The van der Waals surface area contributed by atoms with Gasteiger partial charge < -0.3 is 9.47 Å². The van der Waals surface area contributed by atoms with Crippen molar-refractivity contribution in [2.45, 2.75) is 13.2 Å². The zero-order chi connectivity index (χ0) is 22.4. The minimum absolute atomic E-state index is 0.202. The van der Waals surface area contributed by atoms with Gasteiger partial charge in [-0.1, -0.05) is 37.9 Å². The van der Waals surface area contributed by atoms with Crippen LogP contribution in [-0.4, -0.2) is 16.9 Å². The predicted octanol–water partition coefficient (Wildman–Crippen LogP) is 5.83. The van der Waals surface area contributed by atoms with Crippen molar-refractivity contribution in [3.8, 4) is 0 Å². The van der Waals surface area contributed by atoms with Gasteiger partial charge in [0.25, 0.3) is 5.69 Å². The van der Waals surface area contributed by atoms with Gasteiger partial charge in [-0.25, -0.2) is 9.59 Å². The Kier molecular flexibility index (Phi) is 7.54. The Morgan fingerprint density at radius 3 is 1.48 bits per heavy atom. The van der Waals surface area contributed by atoms with Crippen molar-refractivity contribution in [1.82, 2.24) is 0 Å². The number of carbonyl (C=O) groups is 2. The Morgan fingerprint density at radius 1 is 0.742 bits per heavy atom. The zero-order valence-corrected chi connectivity index (χ0v) is 19.1. The highest BCUT2D eigenvalue weighted by molar-refractivity contribution is 9.10. The van der Waals surface area contributed by atoms with Gasteiger partial charge in [-0.2, -0.15) is 0 Å². The maximum Gasteiger partial charge on any atom is 0.338 e. The summed E-state index contributed by atoms with van der Waals surface area (Å²) in [6.07, 6.45) is 0. The molecule has 0 aliphatic rings. The van der Waals surface area contributed by atoms with Gasteiger partial charge >= 0.3 is 11.9 Å². The van der Waals surface area contributed by atoms with E-state index >= 15 is 0 Å². The fraction of sp³-hybridized carbons (Fsp3) is 0.0909. The molecule has 0 N–H and O–H groups in total. The van der Waals surface area contributed by atoms with E-state index in [1.165, 1.54) is 12.1 Å². The first kappa shape index (κ1) is 22.6. The van der Waals surface area contributed by atoms with E-state index in [0.717, 1.165) is 8.95 Å². The molecule has 3 aromatic rings. The molecule has 0 aromatic heterocycles. The summed E-state index contributed by atoms with van der Waals surface area (Å²) in [4.78, 5) is 35.5. The number of rotatable bonds is 7. The molecule has 0 saturated carbocycles. The van der Waals surface area contributed by atoms with Gasteiger partial charge in [-0.05, 0) is 60.7 Å². The molecule has 0 bridgehead atoms. The number of ether oxygens (including phenoxy) is 2. The van der Waals surface area contributed by atoms with Crippen molar-refractivity contribution >= 4 is 49.5 Å². The van der Waals surface area contributed by atoms with Gasteiger partial charge in [-0.15, -0.1) is 0 Å². The van der Waals surface area contributed by atoms with Gasteiger partial charge in [0.05, 0.1) is 27.2 Å². The summed E-state index contributed by atoms with van der Waals surface area (Å²) in [6.45, 7) is -0.584. The van der Waals surface area contributed by atoms with E-state index in [0.29, 0.717) is 11.1 Å². The van der Waals surface area contributed by atoms with Crippen molar-refractivity contribution in [2.75, 3.05) is 0 Å². The van der Waals surface area contributed by atoms with Gasteiger partial charge in [-0.3, -0.25) is 10.1 Å². The Balaban J connectivity index is 1.72. The smallest absolute Gasteiger partial charge is 0.338 e. The van der Waals surface area contributed by atoms with E-state index in [1.807, 2.05) is 0 Å². The van der Waals surface area contributed by atoms with Crippen LogP contribution in [0.25, 0.3) is 0 Å². The van der Waals surface area contributed by atoms with Crippen molar-refractivity contribution in [1.29, 1.82) is 0 Å². The van der Waals surface area contributed by atoms with Crippen LogP contribution in [0.5, 0.6) is 0 Å². The third-order valence-electron chi connectivity index (χ3n) is 4.26. The number of carbonyl (C=O) groups excluding carboxylic acids is 2. The highest BCUT2D eigenvalue weighted by Crippen LogP contribution is 2.26. The lowest BCUT2D eigenvalue weighted by molar-refractivity contribution is -0.386. The number of nitro benzene ring substituents is 1. The maximum absolute atomic E-state index is 12.2. The summed E-state index contributed by atoms with van der Waals surface area (Å²) in [5, 5.41) is 11.7. The Morgan fingerprint density at radius 2 is 1.13 bits per heavy atom. The first-order valence-electron chi connectivity index (χ1n) is 8.95. The van der Waals surface area contributed by atoms with Crippen molar-refractivity contribution < 1.29 is 24.0 Å². The van der Waals surface area contributed by atoms with E-state index in [4.69, 9.17) is 9.47 Å². The first-order valence-corrected chi connectivity index (χ1v) is 10.5. The first-order chi connectivity index (χ1) is 14.8.